The largest absolute Gasteiger partial charge is 0.394 e. The third-order valence-electron chi connectivity index (χ3n) is 6.57. The van der Waals surface area contributed by atoms with E-state index >= 15 is 0 Å². The smallest absolute Gasteiger partial charge is 0.253 e. The van der Waals surface area contributed by atoms with Crippen molar-refractivity contribution in [2.24, 2.45) is 0 Å². The summed E-state index contributed by atoms with van der Waals surface area (Å²) in [6.45, 7) is 2.30. The quantitative estimate of drug-likeness (QED) is 0.779. The van der Waals surface area contributed by atoms with E-state index in [2.05, 4.69) is 0 Å². The number of amides is 3. The number of nitrogens with zero attached hydrogens (tertiary/aromatic N) is 3. The summed E-state index contributed by atoms with van der Waals surface area (Å²) >= 11 is 0. The van der Waals surface area contributed by atoms with Crippen molar-refractivity contribution >= 4 is 17.7 Å². The van der Waals surface area contributed by atoms with Crippen molar-refractivity contribution in [2.45, 2.75) is 31.3 Å². The predicted molar refractivity (Wildman–Crippen MR) is 121 cm³/mol. The molecule has 0 spiro atoms. The van der Waals surface area contributed by atoms with Crippen molar-refractivity contribution < 1.29 is 19.5 Å². The molecule has 2 heterocycles. The summed E-state index contributed by atoms with van der Waals surface area (Å²) in [6, 6.07) is 15.3. The van der Waals surface area contributed by atoms with E-state index in [0.29, 0.717) is 18.5 Å². The van der Waals surface area contributed by atoms with Crippen LogP contribution in [0.2, 0.25) is 0 Å². The van der Waals surface area contributed by atoms with E-state index < -0.39 is 0 Å². The molecule has 2 aliphatic rings. The first-order valence-corrected chi connectivity index (χ1v) is 11.0. The normalized spacial score (nSPS) is 22.2. The lowest BCUT2D eigenvalue weighted by Gasteiger charge is -2.58. The van der Waals surface area contributed by atoms with Crippen LogP contribution in [0.25, 0.3) is 11.1 Å². The Morgan fingerprint density at radius 2 is 1.62 bits per heavy atom. The molecule has 2 saturated heterocycles. The lowest BCUT2D eigenvalue weighted by atomic mass is 9.73. The molecule has 0 aliphatic carbocycles. The van der Waals surface area contributed by atoms with Crippen molar-refractivity contribution in [3.63, 3.8) is 0 Å². The van der Waals surface area contributed by atoms with Crippen LogP contribution in [0, 0.1) is 0 Å². The summed E-state index contributed by atoms with van der Waals surface area (Å²) in [5.41, 5.74) is 3.72. The fraction of sp³-hybridized carbons (Fsp3) is 0.400. The van der Waals surface area contributed by atoms with Crippen LogP contribution < -0.4 is 0 Å². The van der Waals surface area contributed by atoms with Gasteiger partial charge in [0.25, 0.3) is 5.91 Å². The molecule has 1 N–H and O–H groups in total. The maximum absolute atomic E-state index is 12.6. The third-order valence-corrected chi connectivity index (χ3v) is 6.57. The molecule has 0 bridgehead atoms. The summed E-state index contributed by atoms with van der Waals surface area (Å²) < 4.78 is 0. The number of fused-ring (bicyclic) bond motifs is 1. The van der Waals surface area contributed by atoms with Gasteiger partial charge in [-0.25, -0.2) is 0 Å². The van der Waals surface area contributed by atoms with E-state index in [0.717, 1.165) is 16.7 Å². The first-order valence-electron chi connectivity index (χ1n) is 11.0. The Morgan fingerprint density at radius 1 is 1.03 bits per heavy atom. The molecular formula is C25H29N3O4. The van der Waals surface area contributed by atoms with Gasteiger partial charge in [-0.2, -0.15) is 0 Å². The van der Waals surface area contributed by atoms with Gasteiger partial charge in [-0.1, -0.05) is 43.3 Å². The van der Waals surface area contributed by atoms with Crippen LogP contribution in [0.4, 0.5) is 0 Å². The molecule has 0 radical (unpaired) electrons. The molecule has 2 aromatic rings. The van der Waals surface area contributed by atoms with Crippen LogP contribution in [0.5, 0.6) is 0 Å². The number of rotatable bonds is 5. The van der Waals surface area contributed by atoms with Gasteiger partial charge in [-0.15, -0.1) is 0 Å². The number of hydrogen-bond donors (Lipinski definition) is 1. The first kappa shape index (κ1) is 22.0. The zero-order chi connectivity index (χ0) is 23.0. The highest BCUT2D eigenvalue weighted by Gasteiger charge is 2.54. The minimum atomic E-state index is -0.256. The molecule has 168 valence electrons. The first-order chi connectivity index (χ1) is 15.3. The van der Waals surface area contributed by atoms with E-state index in [-0.39, 0.29) is 48.9 Å². The van der Waals surface area contributed by atoms with Crippen LogP contribution in [0.15, 0.2) is 48.5 Å². The van der Waals surface area contributed by atoms with Gasteiger partial charge in [-0.3, -0.25) is 14.4 Å². The minimum Gasteiger partial charge on any atom is -0.394 e. The Hall–Kier alpha value is -3.19. The van der Waals surface area contributed by atoms with Gasteiger partial charge < -0.3 is 19.8 Å². The molecule has 32 heavy (non-hydrogen) atoms. The maximum Gasteiger partial charge on any atom is 0.253 e. The molecule has 0 saturated carbocycles. The van der Waals surface area contributed by atoms with Crippen LogP contribution in [0.3, 0.4) is 0 Å². The van der Waals surface area contributed by atoms with Gasteiger partial charge in [0.2, 0.25) is 11.8 Å². The van der Waals surface area contributed by atoms with Crippen molar-refractivity contribution in [1.29, 1.82) is 0 Å². The standard InChI is InChI=1S/C25H29N3O4/c1-4-22(30)27-13-20-24(21(15-29)28(20)23(31)14-27)18-9-5-16(6-10-18)17-7-11-19(12-8-17)25(32)26(2)3/h5-12,20-21,24,29H,4,13-15H2,1-3H3/t20-,21-,24+/m1/s1. The molecule has 3 amide bonds. The van der Waals surface area contributed by atoms with Gasteiger partial charge in [0.1, 0.15) is 0 Å². The van der Waals surface area contributed by atoms with Crippen LogP contribution >= 0.6 is 0 Å². The van der Waals surface area contributed by atoms with Crippen molar-refractivity contribution in [3.8, 4) is 11.1 Å². The summed E-state index contributed by atoms with van der Waals surface area (Å²) in [6.07, 6.45) is 0.377. The molecule has 4 rings (SSSR count). The van der Waals surface area contributed by atoms with E-state index in [9.17, 15) is 19.5 Å². The van der Waals surface area contributed by atoms with E-state index in [1.165, 1.54) is 0 Å². The zero-order valence-corrected chi connectivity index (χ0v) is 18.7. The number of carbonyl (C=O) groups excluding carboxylic acids is 3. The van der Waals surface area contributed by atoms with Gasteiger partial charge in [0.15, 0.2) is 0 Å². The van der Waals surface area contributed by atoms with E-state index in [4.69, 9.17) is 0 Å². The Bertz CT molecular complexity index is 1020. The predicted octanol–water partition coefficient (Wildman–Crippen LogP) is 1.96. The Balaban J connectivity index is 1.53. The number of piperazine rings is 1. The van der Waals surface area contributed by atoms with Crippen molar-refractivity contribution in [3.05, 3.63) is 59.7 Å². The van der Waals surface area contributed by atoms with Gasteiger partial charge in [0, 0.05) is 38.5 Å². The fourth-order valence-corrected chi connectivity index (χ4v) is 4.87. The fourth-order valence-electron chi connectivity index (χ4n) is 4.87. The highest BCUT2D eigenvalue weighted by molar-refractivity contribution is 5.94. The van der Waals surface area contributed by atoms with Crippen LogP contribution in [0.1, 0.15) is 35.2 Å². The lowest BCUT2D eigenvalue weighted by Crippen LogP contribution is -2.73. The topological polar surface area (TPSA) is 81.2 Å². The van der Waals surface area contributed by atoms with Crippen molar-refractivity contribution in [1.82, 2.24) is 14.7 Å². The monoisotopic (exact) mass is 435 g/mol. The molecule has 7 nitrogen and oxygen atoms in total. The van der Waals surface area contributed by atoms with E-state index in [1.54, 1.807) is 35.7 Å². The maximum atomic E-state index is 12.6. The molecule has 0 unspecified atom stereocenters. The van der Waals surface area contributed by atoms with Gasteiger partial charge in [0.05, 0.1) is 25.2 Å². The number of aliphatic hydroxyl groups is 1. The number of aliphatic hydroxyl groups excluding tert-OH is 1. The zero-order valence-electron chi connectivity index (χ0n) is 18.7. The van der Waals surface area contributed by atoms with Crippen molar-refractivity contribution in [2.75, 3.05) is 33.8 Å². The van der Waals surface area contributed by atoms with Gasteiger partial charge >= 0.3 is 0 Å². The highest BCUT2D eigenvalue weighted by atomic mass is 16.3. The minimum absolute atomic E-state index is 0.00875. The molecule has 0 aromatic heterocycles. The molecule has 7 heteroatoms. The summed E-state index contributed by atoms with van der Waals surface area (Å²) in [5.74, 6) is -0.155. The Morgan fingerprint density at radius 3 is 2.16 bits per heavy atom. The second-order valence-corrected chi connectivity index (χ2v) is 8.67. The summed E-state index contributed by atoms with van der Waals surface area (Å²) in [5, 5.41) is 9.93. The van der Waals surface area contributed by atoms with Crippen LogP contribution in [-0.2, 0) is 9.59 Å². The molecule has 3 atom stereocenters. The number of hydrogen-bond acceptors (Lipinski definition) is 4. The third kappa shape index (κ3) is 3.77. The summed E-state index contributed by atoms with van der Waals surface area (Å²) in [7, 11) is 3.46. The molecule has 2 aliphatic heterocycles. The van der Waals surface area contributed by atoms with E-state index in [1.807, 2.05) is 48.5 Å². The Labute approximate surface area is 188 Å². The summed E-state index contributed by atoms with van der Waals surface area (Å²) in [4.78, 5) is 41.8. The SMILES string of the molecule is CCC(=O)N1CC(=O)N2[C@H](CO)[C@@H](c3ccc(-c4ccc(C(=O)N(C)C)cc4)cc3)[C@H]2C1. The van der Waals surface area contributed by atoms with Gasteiger partial charge in [-0.05, 0) is 28.8 Å². The second kappa shape index (κ2) is 8.74. The average Bonchev–Trinajstić information content (AvgIpc) is 2.79. The molecular weight excluding hydrogens is 406 g/mol. The number of benzene rings is 2. The lowest BCUT2D eigenvalue weighted by molar-refractivity contribution is -0.166. The van der Waals surface area contributed by atoms with Crippen LogP contribution in [-0.4, -0.2) is 83.4 Å². The average molecular weight is 436 g/mol. The Kier molecular flexibility index (Phi) is 6.02. The number of carbonyl (C=O) groups is 3. The molecule has 2 aromatic carbocycles. The second-order valence-electron chi connectivity index (χ2n) is 8.67. The highest BCUT2D eigenvalue weighted by Crippen LogP contribution is 2.43. The molecule has 2 fully saturated rings.